The van der Waals surface area contributed by atoms with Gasteiger partial charge in [0.2, 0.25) is 0 Å². The number of sulfone groups is 1. The van der Waals surface area contributed by atoms with Crippen LogP contribution in [0.15, 0.2) is 30.3 Å². The van der Waals surface area contributed by atoms with Gasteiger partial charge in [0.05, 0.1) is 17.5 Å². The summed E-state index contributed by atoms with van der Waals surface area (Å²) in [7, 11) is -1.79. The van der Waals surface area contributed by atoms with Crippen LogP contribution in [0.2, 0.25) is 0 Å². The molecule has 8 heteroatoms. The van der Waals surface area contributed by atoms with Crippen LogP contribution >= 0.6 is 0 Å². The van der Waals surface area contributed by atoms with Crippen molar-refractivity contribution >= 4 is 27.4 Å². The first-order chi connectivity index (χ1) is 10.9. The zero-order chi connectivity index (χ0) is 16.9. The minimum atomic E-state index is -3.14. The molecule has 1 amide bonds. The number of carbonyl (C=O) groups excluding carboxylic acids is 2. The number of rotatable bonds is 6. The molecule has 1 heterocycles. The maximum atomic E-state index is 12.5. The lowest BCUT2D eigenvalue weighted by molar-refractivity contribution is -0.151. The van der Waals surface area contributed by atoms with E-state index in [2.05, 4.69) is 4.74 Å². The third-order valence-corrected chi connectivity index (χ3v) is 5.25. The lowest BCUT2D eigenvalue weighted by atomic mass is 10.2. The van der Waals surface area contributed by atoms with Crippen LogP contribution in [0, 0.1) is 0 Å². The molecule has 0 aromatic heterocycles. The Hall–Kier alpha value is -1.93. The van der Waals surface area contributed by atoms with Crippen LogP contribution in [0.1, 0.15) is 6.42 Å². The van der Waals surface area contributed by atoms with Gasteiger partial charge in [0.25, 0.3) is 5.91 Å². The van der Waals surface area contributed by atoms with Gasteiger partial charge in [-0.15, -0.1) is 0 Å². The number of ether oxygens (including phenoxy) is 2. The Labute approximate surface area is 135 Å². The largest absolute Gasteiger partial charge is 0.454 e. The summed E-state index contributed by atoms with van der Waals surface area (Å²) in [4.78, 5) is 25.2. The summed E-state index contributed by atoms with van der Waals surface area (Å²) in [5.74, 6) is -1.13. The predicted molar refractivity (Wildman–Crippen MR) is 83.8 cm³/mol. The van der Waals surface area contributed by atoms with Gasteiger partial charge < -0.3 is 14.4 Å². The second kappa shape index (κ2) is 7.56. The highest BCUT2D eigenvalue weighted by Gasteiger charge is 2.35. The Bertz CT molecular complexity index is 658. The molecule has 0 unspecified atom stereocenters. The maximum Gasteiger partial charge on any atom is 0.332 e. The first-order valence-corrected chi connectivity index (χ1v) is 8.97. The van der Waals surface area contributed by atoms with Crippen LogP contribution in [0.5, 0.6) is 0 Å². The molecule has 2 rings (SSSR count). The minimum absolute atomic E-state index is 0.0533. The number of nitrogens with zero attached hydrogens (tertiary/aromatic N) is 1. The topological polar surface area (TPSA) is 90.0 Å². The molecular formula is C15H19NO6S. The number of anilines is 1. The van der Waals surface area contributed by atoms with E-state index in [1.165, 1.54) is 12.0 Å². The van der Waals surface area contributed by atoms with E-state index in [9.17, 15) is 18.0 Å². The first kappa shape index (κ1) is 17.4. The molecule has 1 saturated heterocycles. The van der Waals surface area contributed by atoms with Crippen LogP contribution < -0.4 is 4.90 Å². The number of esters is 1. The highest BCUT2D eigenvalue weighted by Crippen LogP contribution is 2.24. The van der Waals surface area contributed by atoms with Crippen LogP contribution in [-0.4, -0.2) is 58.2 Å². The zero-order valence-electron chi connectivity index (χ0n) is 12.8. The summed E-state index contributed by atoms with van der Waals surface area (Å²) >= 11 is 0. The molecule has 126 valence electrons. The van der Waals surface area contributed by atoms with Gasteiger partial charge in [0, 0.05) is 12.8 Å². The quantitative estimate of drug-likeness (QED) is 0.696. The number of para-hydroxylation sites is 1. The third kappa shape index (κ3) is 4.77. The van der Waals surface area contributed by atoms with Crippen molar-refractivity contribution in [3.8, 4) is 0 Å². The lowest BCUT2D eigenvalue weighted by Crippen LogP contribution is -2.43. The summed E-state index contributed by atoms with van der Waals surface area (Å²) in [5, 5.41) is 0. The molecule has 7 nitrogen and oxygen atoms in total. The van der Waals surface area contributed by atoms with Gasteiger partial charge in [0.15, 0.2) is 16.4 Å². The van der Waals surface area contributed by atoms with Gasteiger partial charge in [-0.3, -0.25) is 4.79 Å². The molecule has 0 saturated carbocycles. The Kier molecular flexibility index (Phi) is 5.73. The van der Waals surface area contributed by atoms with Crippen LogP contribution in [0.4, 0.5) is 5.69 Å². The average molecular weight is 341 g/mol. The summed E-state index contributed by atoms with van der Waals surface area (Å²) in [6.07, 6.45) is 0.370. The molecule has 0 aliphatic carbocycles. The number of carbonyl (C=O) groups is 2. The van der Waals surface area contributed by atoms with Crippen molar-refractivity contribution in [3.05, 3.63) is 30.3 Å². The predicted octanol–water partition coefficient (Wildman–Crippen LogP) is 0.396. The molecule has 0 bridgehead atoms. The smallest absolute Gasteiger partial charge is 0.332 e. The van der Waals surface area contributed by atoms with Crippen molar-refractivity contribution in [2.45, 2.75) is 12.5 Å². The lowest BCUT2D eigenvalue weighted by Gasteiger charge is -2.28. The van der Waals surface area contributed by atoms with E-state index in [4.69, 9.17) is 4.74 Å². The summed E-state index contributed by atoms with van der Waals surface area (Å²) in [6.45, 7) is -0.690. The van der Waals surface area contributed by atoms with Crippen molar-refractivity contribution < 1.29 is 27.5 Å². The third-order valence-electron chi connectivity index (χ3n) is 3.50. The Morgan fingerprint density at radius 1 is 1.22 bits per heavy atom. The van der Waals surface area contributed by atoms with E-state index in [0.717, 1.165) is 0 Å². The molecule has 23 heavy (non-hydrogen) atoms. The molecule has 0 N–H and O–H groups in total. The molecule has 1 aliphatic heterocycles. The highest BCUT2D eigenvalue weighted by atomic mass is 32.2. The zero-order valence-corrected chi connectivity index (χ0v) is 13.6. The second-order valence-electron chi connectivity index (χ2n) is 5.25. The van der Waals surface area contributed by atoms with Crippen molar-refractivity contribution in [2.24, 2.45) is 0 Å². The van der Waals surface area contributed by atoms with Crippen LogP contribution in [0.3, 0.4) is 0 Å². The summed E-state index contributed by atoms with van der Waals surface area (Å²) in [6, 6.07) is 8.32. The molecular weight excluding hydrogens is 322 g/mol. The first-order valence-electron chi connectivity index (χ1n) is 7.15. The van der Waals surface area contributed by atoms with E-state index >= 15 is 0 Å². The Morgan fingerprint density at radius 3 is 2.48 bits per heavy atom. The van der Waals surface area contributed by atoms with Crippen molar-refractivity contribution in [1.29, 1.82) is 0 Å². The number of hydrogen-bond donors (Lipinski definition) is 0. The fourth-order valence-corrected chi connectivity index (χ4v) is 4.20. The van der Waals surface area contributed by atoms with E-state index in [0.29, 0.717) is 12.1 Å². The fraction of sp³-hybridized carbons (Fsp3) is 0.467. The van der Waals surface area contributed by atoms with E-state index in [1.54, 1.807) is 30.3 Å². The minimum Gasteiger partial charge on any atom is -0.454 e. The summed E-state index contributed by atoms with van der Waals surface area (Å²) < 4.78 is 32.9. The number of methoxy groups -OCH3 is 1. The normalized spacial score (nSPS) is 19.3. The maximum absolute atomic E-state index is 12.5. The van der Waals surface area contributed by atoms with Crippen LogP contribution in [-0.2, 0) is 28.9 Å². The number of hydrogen-bond acceptors (Lipinski definition) is 6. The molecule has 1 atom stereocenters. The van der Waals surface area contributed by atoms with Crippen LogP contribution in [0.25, 0.3) is 0 Å². The van der Waals surface area contributed by atoms with Crippen molar-refractivity contribution in [1.82, 2.24) is 0 Å². The molecule has 1 aliphatic rings. The monoisotopic (exact) mass is 341 g/mol. The SMILES string of the molecule is COCC(=O)OCC(=O)N(c1ccccc1)[C@@H]1CCS(=O)(=O)C1. The van der Waals surface area contributed by atoms with E-state index in [-0.39, 0.29) is 18.1 Å². The standard InChI is InChI=1S/C15H19NO6S/c1-21-10-15(18)22-9-14(17)16(12-5-3-2-4-6-12)13-7-8-23(19,20)11-13/h2-6,13H,7-11H2,1H3/t13-/m1/s1. The van der Waals surface area contributed by atoms with Gasteiger partial charge >= 0.3 is 5.97 Å². The second-order valence-corrected chi connectivity index (χ2v) is 7.48. The number of benzene rings is 1. The van der Waals surface area contributed by atoms with Gasteiger partial charge in [-0.2, -0.15) is 0 Å². The van der Waals surface area contributed by atoms with Crippen molar-refractivity contribution in [3.63, 3.8) is 0 Å². The molecule has 1 fully saturated rings. The van der Waals surface area contributed by atoms with Crippen molar-refractivity contribution in [2.75, 3.05) is 36.7 Å². The van der Waals surface area contributed by atoms with Gasteiger partial charge in [-0.1, -0.05) is 18.2 Å². The fourth-order valence-electron chi connectivity index (χ4n) is 2.50. The average Bonchev–Trinajstić information content (AvgIpc) is 2.86. The van der Waals surface area contributed by atoms with E-state index in [1.807, 2.05) is 0 Å². The molecule has 0 spiro atoms. The number of amides is 1. The molecule has 0 radical (unpaired) electrons. The van der Waals surface area contributed by atoms with Gasteiger partial charge in [-0.05, 0) is 18.6 Å². The Morgan fingerprint density at radius 2 is 1.91 bits per heavy atom. The van der Waals surface area contributed by atoms with Gasteiger partial charge in [-0.25, -0.2) is 13.2 Å². The Balaban J connectivity index is 2.14. The summed E-state index contributed by atoms with van der Waals surface area (Å²) in [5.41, 5.74) is 0.586. The van der Waals surface area contributed by atoms with E-state index < -0.39 is 34.4 Å². The molecule has 1 aromatic carbocycles. The van der Waals surface area contributed by atoms with Gasteiger partial charge in [0.1, 0.15) is 6.61 Å². The molecule has 1 aromatic rings. The highest BCUT2D eigenvalue weighted by molar-refractivity contribution is 7.91.